The lowest BCUT2D eigenvalue weighted by atomic mass is 10.2. The van der Waals surface area contributed by atoms with Crippen LogP contribution in [0.15, 0.2) is 12.1 Å². The van der Waals surface area contributed by atoms with Crippen molar-refractivity contribution in [2.75, 3.05) is 6.61 Å². The molecule has 3 nitrogen and oxygen atoms in total. The first-order valence-electron chi connectivity index (χ1n) is 5.97. The molecule has 0 saturated carbocycles. The van der Waals surface area contributed by atoms with Crippen molar-refractivity contribution in [1.29, 1.82) is 0 Å². The second-order valence-corrected chi connectivity index (χ2v) is 4.71. The molecule has 0 radical (unpaired) electrons. The van der Waals surface area contributed by atoms with Gasteiger partial charge in [-0.25, -0.2) is 4.98 Å². The maximum Gasteiger partial charge on any atom is 0.449 e. The molecule has 2 rings (SSSR count). The summed E-state index contributed by atoms with van der Waals surface area (Å²) in [6.07, 6.45) is -9.62. The average Bonchev–Trinajstić information content (AvgIpc) is 2.71. The van der Waals surface area contributed by atoms with Crippen LogP contribution in [0.1, 0.15) is 18.3 Å². The lowest BCUT2D eigenvalue weighted by molar-refractivity contribution is -0.149. The van der Waals surface area contributed by atoms with E-state index in [2.05, 4.69) is 4.98 Å². The van der Waals surface area contributed by atoms with Gasteiger partial charge in [0, 0.05) is 6.61 Å². The van der Waals surface area contributed by atoms with Crippen LogP contribution in [-0.2, 0) is 23.8 Å². The van der Waals surface area contributed by atoms with Gasteiger partial charge < -0.3 is 4.74 Å². The fourth-order valence-corrected chi connectivity index (χ4v) is 2.16. The molecule has 22 heavy (non-hydrogen) atoms. The highest BCUT2D eigenvalue weighted by Gasteiger charge is 2.39. The summed E-state index contributed by atoms with van der Waals surface area (Å²) in [5.41, 5.74) is -1.87. The van der Waals surface area contributed by atoms with E-state index in [1.54, 1.807) is 6.92 Å². The molecule has 122 valence electrons. The molecule has 0 unspecified atom stereocenters. The Morgan fingerprint density at radius 2 is 1.77 bits per heavy atom. The Labute approximate surface area is 125 Å². The van der Waals surface area contributed by atoms with Gasteiger partial charge in [-0.1, -0.05) is 11.6 Å². The monoisotopic (exact) mass is 346 g/mol. The maximum atomic E-state index is 13.0. The van der Waals surface area contributed by atoms with Crippen LogP contribution in [0.25, 0.3) is 11.0 Å². The van der Waals surface area contributed by atoms with E-state index in [1.165, 1.54) is 0 Å². The number of halogens is 7. The summed E-state index contributed by atoms with van der Waals surface area (Å²) >= 11 is 5.49. The van der Waals surface area contributed by atoms with Crippen molar-refractivity contribution in [2.24, 2.45) is 0 Å². The molecule has 0 aliphatic carbocycles. The van der Waals surface area contributed by atoms with E-state index in [-0.39, 0.29) is 17.6 Å². The van der Waals surface area contributed by atoms with Crippen LogP contribution < -0.4 is 0 Å². The number of rotatable bonds is 3. The molecule has 0 atom stereocenters. The third-order valence-corrected chi connectivity index (χ3v) is 3.13. The molecule has 2 aromatic rings. The van der Waals surface area contributed by atoms with E-state index in [1.807, 2.05) is 0 Å². The number of imidazole rings is 1. The Hall–Kier alpha value is -1.48. The smallest absolute Gasteiger partial charge is 0.361 e. The quantitative estimate of drug-likeness (QED) is 0.752. The first kappa shape index (κ1) is 16.9. The van der Waals surface area contributed by atoms with Gasteiger partial charge in [0.1, 0.15) is 6.73 Å². The summed E-state index contributed by atoms with van der Waals surface area (Å²) in [5.74, 6) is -1.34. The summed E-state index contributed by atoms with van der Waals surface area (Å²) in [6.45, 7) is 1.07. The van der Waals surface area contributed by atoms with Crippen molar-refractivity contribution in [3.05, 3.63) is 28.5 Å². The van der Waals surface area contributed by atoms with E-state index in [0.717, 1.165) is 6.07 Å². The molecule has 0 aliphatic rings. The molecule has 1 aromatic carbocycles. The van der Waals surface area contributed by atoms with E-state index < -0.39 is 35.5 Å². The van der Waals surface area contributed by atoms with Crippen LogP contribution in [0.5, 0.6) is 0 Å². The molecular formula is C12H9ClF6N2O. The Balaban J connectivity index is 2.73. The highest BCUT2D eigenvalue weighted by atomic mass is 35.5. The normalized spacial score (nSPS) is 13.1. The van der Waals surface area contributed by atoms with Gasteiger partial charge in [0.15, 0.2) is 0 Å². The lowest BCUT2D eigenvalue weighted by Gasteiger charge is -2.12. The summed E-state index contributed by atoms with van der Waals surface area (Å²) in [6, 6.07) is 1.30. The maximum absolute atomic E-state index is 13.0. The van der Waals surface area contributed by atoms with Crippen LogP contribution in [0.2, 0.25) is 5.02 Å². The Kier molecular flexibility index (Phi) is 4.31. The number of fused-ring (bicyclic) bond motifs is 1. The number of alkyl halides is 6. The topological polar surface area (TPSA) is 27.1 Å². The van der Waals surface area contributed by atoms with Gasteiger partial charge in [-0.2, -0.15) is 26.3 Å². The fourth-order valence-electron chi connectivity index (χ4n) is 1.89. The predicted molar refractivity (Wildman–Crippen MR) is 66.4 cm³/mol. The molecule has 10 heteroatoms. The van der Waals surface area contributed by atoms with Gasteiger partial charge in [-0.3, -0.25) is 4.57 Å². The molecule has 0 spiro atoms. The number of aromatic nitrogens is 2. The number of benzene rings is 1. The van der Waals surface area contributed by atoms with Gasteiger partial charge in [0.25, 0.3) is 0 Å². The largest absolute Gasteiger partial charge is 0.449 e. The van der Waals surface area contributed by atoms with Gasteiger partial charge in [0.05, 0.1) is 21.6 Å². The predicted octanol–water partition coefficient (Wildman–Crippen LogP) is 4.72. The van der Waals surface area contributed by atoms with Gasteiger partial charge in [-0.05, 0) is 19.1 Å². The minimum atomic E-state index is -4.83. The zero-order valence-electron chi connectivity index (χ0n) is 11.0. The number of hydrogen-bond donors (Lipinski definition) is 0. The van der Waals surface area contributed by atoms with E-state index in [4.69, 9.17) is 16.3 Å². The third kappa shape index (κ3) is 3.14. The van der Waals surface area contributed by atoms with E-state index >= 15 is 0 Å². The highest BCUT2D eigenvalue weighted by Crippen LogP contribution is 2.39. The minimum Gasteiger partial charge on any atom is -0.361 e. The molecule has 0 N–H and O–H groups in total. The van der Waals surface area contributed by atoms with Crippen molar-refractivity contribution in [3.63, 3.8) is 0 Å². The molecule has 1 heterocycles. The van der Waals surface area contributed by atoms with Gasteiger partial charge in [0.2, 0.25) is 5.82 Å². The fraction of sp³-hybridized carbons (Fsp3) is 0.417. The second-order valence-electron chi connectivity index (χ2n) is 4.30. The van der Waals surface area contributed by atoms with Crippen molar-refractivity contribution < 1.29 is 31.1 Å². The zero-order valence-corrected chi connectivity index (χ0v) is 11.8. The van der Waals surface area contributed by atoms with Crippen molar-refractivity contribution in [2.45, 2.75) is 26.0 Å². The first-order chi connectivity index (χ1) is 10.1. The van der Waals surface area contributed by atoms with Crippen LogP contribution in [0.4, 0.5) is 26.3 Å². The first-order valence-corrected chi connectivity index (χ1v) is 6.35. The number of ether oxygens (including phenoxy) is 1. The SMILES string of the molecule is CCOCn1c(C(F)(F)F)nc2cc(Cl)c(C(F)(F)F)cc21. The Bertz CT molecular complexity index is 691. The summed E-state index contributed by atoms with van der Waals surface area (Å²) in [5, 5.41) is -0.713. The molecule has 1 aromatic heterocycles. The molecule has 0 fully saturated rings. The number of hydrogen-bond acceptors (Lipinski definition) is 2. The standard InChI is InChI=1S/C12H9ClF6N2O/c1-2-22-5-21-9-3-6(11(14,15)16)7(13)4-8(9)20-10(21)12(17,18)19/h3-4H,2,5H2,1H3. The van der Waals surface area contributed by atoms with E-state index in [9.17, 15) is 26.3 Å². The van der Waals surface area contributed by atoms with Crippen molar-refractivity contribution in [3.8, 4) is 0 Å². The third-order valence-electron chi connectivity index (χ3n) is 2.82. The van der Waals surface area contributed by atoms with Crippen LogP contribution in [0, 0.1) is 0 Å². The molecule has 0 aliphatic heterocycles. The van der Waals surface area contributed by atoms with Crippen molar-refractivity contribution >= 4 is 22.6 Å². The minimum absolute atomic E-state index is 0.0939. The van der Waals surface area contributed by atoms with Crippen LogP contribution in [-0.4, -0.2) is 16.2 Å². The van der Waals surface area contributed by atoms with Gasteiger partial charge in [-0.15, -0.1) is 0 Å². The highest BCUT2D eigenvalue weighted by molar-refractivity contribution is 6.32. The number of nitrogens with zero attached hydrogens (tertiary/aromatic N) is 2. The van der Waals surface area contributed by atoms with Gasteiger partial charge >= 0.3 is 12.4 Å². The molecule has 0 bridgehead atoms. The summed E-state index contributed by atoms with van der Waals surface area (Å²) in [4.78, 5) is 3.33. The van der Waals surface area contributed by atoms with Crippen LogP contribution >= 0.6 is 11.6 Å². The van der Waals surface area contributed by atoms with Crippen LogP contribution in [0.3, 0.4) is 0 Å². The Morgan fingerprint density at radius 1 is 1.14 bits per heavy atom. The zero-order chi connectivity index (χ0) is 16.7. The lowest BCUT2D eigenvalue weighted by Crippen LogP contribution is -2.16. The summed E-state index contributed by atoms with van der Waals surface area (Å²) < 4.78 is 82.8. The van der Waals surface area contributed by atoms with Crippen molar-refractivity contribution in [1.82, 2.24) is 9.55 Å². The molecule has 0 amide bonds. The second kappa shape index (κ2) is 5.62. The summed E-state index contributed by atoms with van der Waals surface area (Å²) in [7, 11) is 0. The van der Waals surface area contributed by atoms with E-state index in [0.29, 0.717) is 10.6 Å². The average molecular weight is 347 g/mol. The molecule has 0 saturated heterocycles. The Morgan fingerprint density at radius 3 is 2.27 bits per heavy atom. The molecular weight excluding hydrogens is 338 g/mol.